The van der Waals surface area contributed by atoms with Crippen molar-refractivity contribution in [2.24, 2.45) is 0 Å². The zero-order chi connectivity index (χ0) is 9.42. The van der Waals surface area contributed by atoms with Crippen molar-refractivity contribution in [3.8, 4) is 0 Å². The van der Waals surface area contributed by atoms with Crippen LogP contribution in [-0.4, -0.2) is 15.7 Å². The molecular weight excluding hydrogens is 239 g/mol. The molecule has 0 radical (unpaired) electrons. The molecule has 0 aliphatic carbocycles. The van der Waals surface area contributed by atoms with Crippen LogP contribution in [0.15, 0.2) is 22.9 Å². The molecule has 0 aromatic carbocycles. The van der Waals surface area contributed by atoms with Gasteiger partial charge in [0.2, 0.25) is 0 Å². The number of imidazole rings is 1. The van der Waals surface area contributed by atoms with Gasteiger partial charge in [-0.3, -0.25) is 9.20 Å². The van der Waals surface area contributed by atoms with Gasteiger partial charge in [0.1, 0.15) is 15.9 Å². The Morgan fingerprint density at radius 3 is 3.08 bits per heavy atom. The molecule has 0 saturated heterocycles. The number of hydrogen-bond acceptors (Lipinski definition) is 2. The standard InChI is InChI=1S/C8H4BrFN2O/c9-8-7-5(10)2-1-3-12(7)6(4-13)11-8/h1-4H. The second-order valence-corrected chi connectivity index (χ2v) is 3.20. The maximum Gasteiger partial charge on any atom is 0.185 e. The van der Waals surface area contributed by atoms with E-state index in [4.69, 9.17) is 0 Å². The molecule has 2 heterocycles. The van der Waals surface area contributed by atoms with E-state index in [1.54, 1.807) is 6.20 Å². The average molecular weight is 243 g/mol. The quantitative estimate of drug-likeness (QED) is 0.718. The number of fused-ring (bicyclic) bond motifs is 1. The number of rotatable bonds is 1. The Morgan fingerprint density at radius 1 is 1.62 bits per heavy atom. The first-order valence-electron chi connectivity index (χ1n) is 3.51. The lowest BCUT2D eigenvalue weighted by atomic mass is 10.4. The molecule has 2 aromatic rings. The summed E-state index contributed by atoms with van der Waals surface area (Å²) < 4.78 is 14.9. The third kappa shape index (κ3) is 1.16. The molecule has 0 atom stereocenters. The SMILES string of the molecule is O=Cc1nc(Br)c2c(F)cccn12. The lowest BCUT2D eigenvalue weighted by Gasteiger charge is -1.94. The largest absolute Gasteiger partial charge is 0.294 e. The van der Waals surface area contributed by atoms with Crippen molar-refractivity contribution in [2.75, 3.05) is 0 Å². The summed E-state index contributed by atoms with van der Waals surface area (Å²) in [6, 6.07) is 2.83. The number of carbonyl (C=O) groups is 1. The van der Waals surface area contributed by atoms with E-state index in [0.29, 0.717) is 10.9 Å². The van der Waals surface area contributed by atoms with Crippen LogP contribution in [0.4, 0.5) is 4.39 Å². The first-order chi connectivity index (χ1) is 6.24. The molecule has 66 valence electrons. The predicted molar refractivity (Wildman–Crippen MR) is 48.2 cm³/mol. The van der Waals surface area contributed by atoms with Gasteiger partial charge in [-0.2, -0.15) is 0 Å². The Morgan fingerprint density at radius 2 is 2.38 bits per heavy atom. The van der Waals surface area contributed by atoms with E-state index >= 15 is 0 Å². The summed E-state index contributed by atoms with van der Waals surface area (Å²) >= 11 is 3.08. The maximum atomic E-state index is 13.2. The third-order valence-corrected chi connectivity index (χ3v) is 2.26. The highest BCUT2D eigenvalue weighted by Gasteiger charge is 2.11. The summed E-state index contributed by atoms with van der Waals surface area (Å²) in [6.45, 7) is 0. The number of pyridine rings is 1. The molecule has 2 rings (SSSR count). The molecule has 0 fully saturated rings. The Hall–Kier alpha value is -1.23. The second kappa shape index (κ2) is 2.92. The molecule has 0 unspecified atom stereocenters. The molecule has 0 saturated carbocycles. The molecule has 0 N–H and O–H groups in total. The molecular formula is C8H4BrFN2O. The van der Waals surface area contributed by atoms with E-state index in [1.165, 1.54) is 16.5 Å². The van der Waals surface area contributed by atoms with Gasteiger partial charge in [-0.05, 0) is 28.1 Å². The number of nitrogens with zero attached hydrogens (tertiary/aromatic N) is 2. The van der Waals surface area contributed by atoms with Crippen LogP contribution >= 0.6 is 15.9 Å². The third-order valence-electron chi connectivity index (χ3n) is 1.71. The summed E-state index contributed by atoms with van der Waals surface area (Å²) in [5, 5.41) is 0. The maximum absolute atomic E-state index is 13.2. The fraction of sp³-hybridized carbons (Fsp3) is 0. The fourth-order valence-corrected chi connectivity index (χ4v) is 1.72. The van der Waals surface area contributed by atoms with E-state index in [1.807, 2.05) is 0 Å². The van der Waals surface area contributed by atoms with E-state index in [0.717, 1.165) is 0 Å². The van der Waals surface area contributed by atoms with Crippen molar-refractivity contribution in [3.05, 3.63) is 34.6 Å². The molecule has 5 heteroatoms. The fourth-order valence-electron chi connectivity index (χ4n) is 1.16. The van der Waals surface area contributed by atoms with Crippen molar-refractivity contribution < 1.29 is 9.18 Å². The molecule has 0 aliphatic heterocycles. The lowest BCUT2D eigenvalue weighted by Crippen LogP contribution is -1.92. The number of carbonyl (C=O) groups excluding carboxylic acids is 1. The Labute approximate surface area is 81.3 Å². The smallest absolute Gasteiger partial charge is 0.185 e. The predicted octanol–water partition coefficient (Wildman–Crippen LogP) is 2.05. The Bertz CT molecular complexity index is 480. The van der Waals surface area contributed by atoms with E-state index in [-0.39, 0.29) is 11.3 Å². The highest BCUT2D eigenvalue weighted by Crippen LogP contribution is 2.20. The van der Waals surface area contributed by atoms with E-state index < -0.39 is 5.82 Å². The van der Waals surface area contributed by atoms with Gasteiger partial charge >= 0.3 is 0 Å². The van der Waals surface area contributed by atoms with Gasteiger partial charge in [-0.15, -0.1) is 0 Å². The number of aromatic nitrogens is 2. The van der Waals surface area contributed by atoms with Crippen LogP contribution in [0.3, 0.4) is 0 Å². The Kier molecular flexibility index (Phi) is 1.88. The summed E-state index contributed by atoms with van der Waals surface area (Å²) in [5.74, 6) is -0.226. The number of aldehydes is 1. The zero-order valence-electron chi connectivity index (χ0n) is 6.37. The summed E-state index contributed by atoms with van der Waals surface area (Å²) in [7, 11) is 0. The van der Waals surface area contributed by atoms with Gasteiger partial charge in [0, 0.05) is 6.20 Å². The topological polar surface area (TPSA) is 34.4 Å². The average Bonchev–Trinajstić information content (AvgIpc) is 2.44. The van der Waals surface area contributed by atoms with Gasteiger partial charge in [-0.1, -0.05) is 0 Å². The summed E-state index contributed by atoms with van der Waals surface area (Å²) in [5.41, 5.74) is 0.282. The van der Waals surface area contributed by atoms with Gasteiger partial charge in [0.15, 0.2) is 12.1 Å². The van der Waals surface area contributed by atoms with Crippen molar-refractivity contribution in [1.29, 1.82) is 0 Å². The lowest BCUT2D eigenvalue weighted by molar-refractivity contribution is 0.111. The van der Waals surface area contributed by atoms with Crippen LogP contribution in [0, 0.1) is 5.82 Å². The Balaban J connectivity index is 2.95. The minimum Gasteiger partial charge on any atom is -0.294 e. The molecule has 0 amide bonds. The van der Waals surface area contributed by atoms with Crippen molar-refractivity contribution >= 4 is 27.7 Å². The molecule has 0 bridgehead atoms. The molecule has 13 heavy (non-hydrogen) atoms. The molecule has 0 aliphatic rings. The van der Waals surface area contributed by atoms with Crippen LogP contribution in [0.2, 0.25) is 0 Å². The molecule has 0 spiro atoms. The number of hydrogen-bond donors (Lipinski definition) is 0. The van der Waals surface area contributed by atoms with Crippen LogP contribution in [0.25, 0.3) is 5.52 Å². The first kappa shape index (κ1) is 8.37. The van der Waals surface area contributed by atoms with Crippen LogP contribution in [-0.2, 0) is 0 Å². The van der Waals surface area contributed by atoms with Gasteiger partial charge in [0.05, 0.1) is 0 Å². The van der Waals surface area contributed by atoms with Crippen molar-refractivity contribution in [1.82, 2.24) is 9.38 Å². The van der Waals surface area contributed by atoms with E-state index in [2.05, 4.69) is 20.9 Å². The number of halogens is 2. The first-order valence-corrected chi connectivity index (χ1v) is 4.30. The molecule has 2 aromatic heterocycles. The minimum absolute atomic E-state index is 0.182. The summed E-state index contributed by atoms with van der Waals surface area (Å²) in [6.07, 6.45) is 2.16. The van der Waals surface area contributed by atoms with Crippen LogP contribution < -0.4 is 0 Å². The zero-order valence-corrected chi connectivity index (χ0v) is 7.95. The van der Waals surface area contributed by atoms with Crippen LogP contribution in [0.1, 0.15) is 10.6 Å². The summed E-state index contributed by atoms with van der Waals surface area (Å²) in [4.78, 5) is 14.4. The van der Waals surface area contributed by atoms with Gasteiger partial charge in [-0.25, -0.2) is 9.37 Å². The van der Waals surface area contributed by atoms with E-state index in [9.17, 15) is 9.18 Å². The molecule has 3 nitrogen and oxygen atoms in total. The highest BCUT2D eigenvalue weighted by atomic mass is 79.9. The highest BCUT2D eigenvalue weighted by molar-refractivity contribution is 9.10. The van der Waals surface area contributed by atoms with Gasteiger partial charge in [0.25, 0.3) is 0 Å². The minimum atomic E-state index is -0.407. The monoisotopic (exact) mass is 242 g/mol. The van der Waals surface area contributed by atoms with Gasteiger partial charge < -0.3 is 0 Å². The van der Waals surface area contributed by atoms with Crippen LogP contribution in [0.5, 0.6) is 0 Å². The van der Waals surface area contributed by atoms with Crippen molar-refractivity contribution in [2.45, 2.75) is 0 Å². The van der Waals surface area contributed by atoms with Crippen molar-refractivity contribution in [3.63, 3.8) is 0 Å². The second-order valence-electron chi connectivity index (χ2n) is 2.45. The normalized spacial score (nSPS) is 10.6.